The lowest BCUT2D eigenvalue weighted by Crippen LogP contribution is -2.14. The summed E-state index contributed by atoms with van der Waals surface area (Å²) in [7, 11) is 0. The molecule has 2 aromatic carbocycles. The van der Waals surface area contributed by atoms with Gasteiger partial charge in [0.15, 0.2) is 0 Å². The second-order valence-corrected chi connectivity index (χ2v) is 5.02. The Morgan fingerprint density at radius 1 is 1.25 bits per heavy atom. The zero-order valence-corrected chi connectivity index (χ0v) is 12.1. The Hall–Kier alpha value is -2.03. The Kier molecular flexibility index (Phi) is 4.28. The maximum absolute atomic E-state index is 13.4. The normalized spacial score (nSPS) is 10.1. The van der Waals surface area contributed by atoms with Crippen molar-refractivity contribution in [3.8, 4) is 0 Å². The van der Waals surface area contributed by atoms with E-state index in [1.165, 1.54) is 30.3 Å². The molecule has 5 nitrogen and oxygen atoms in total. The highest BCUT2D eigenvalue weighted by Crippen LogP contribution is 2.21. The van der Waals surface area contributed by atoms with Gasteiger partial charge >= 0.3 is 0 Å². The number of amides is 1. The Balaban J connectivity index is 2.32. The van der Waals surface area contributed by atoms with E-state index in [1.54, 1.807) is 6.07 Å². The third kappa shape index (κ3) is 3.10. The lowest BCUT2D eigenvalue weighted by atomic mass is 10.2. The molecule has 102 valence electrons. The third-order valence-electron chi connectivity index (χ3n) is 2.53. The van der Waals surface area contributed by atoms with E-state index in [0.29, 0.717) is 3.57 Å². The van der Waals surface area contributed by atoms with Gasteiger partial charge in [0.1, 0.15) is 5.82 Å². The smallest absolute Gasteiger partial charge is 0.270 e. The SMILES string of the molecule is O=C(Nc1ccccc1F)c1cc([N+](=O)[O-])ccc1I. The summed E-state index contributed by atoms with van der Waals surface area (Å²) in [5, 5.41) is 13.1. The quantitative estimate of drug-likeness (QED) is 0.498. The van der Waals surface area contributed by atoms with Crippen molar-refractivity contribution in [1.29, 1.82) is 0 Å². The Morgan fingerprint density at radius 3 is 2.60 bits per heavy atom. The van der Waals surface area contributed by atoms with Gasteiger partial charge in [0.2, 0.25) is 0 Å². The van der Waals surface area contributed by atoms with Crippen LogP contribution in [0.4, 0.5) is 15.8 Å². The number of nitrogens with one attached hydrogen (secondary N) is 1. The Bertz CT molecular complexity index is 691. The largest absolute Gasteiger partial charge is 0.319 e. The fourth-order valence-corrected chi connectivity index (χ4v) is 2.13. The fraction of sp³-hybridized carbons (Fsp3) is 0. The van der Waals surface area contributed by atoms with Crippen LogP contribution in [-0.2, 0) is 0 Å². The summed E-state index contributed by atoms with van der Waals surface area (Å²) in [5.74, 6) is -1.16. The number of nitro groups is 1. The number of hydrogen-bond donors (Lipinski definition) is 1. The summed E-state index contributed by atoms with van der Waals surface area (Å²) in [6.07, 6.45) is 0. The zero-order valence-electron chi connectivity index (χ0n) is 9.97. The van der Waals surface area contributed by atoms with E-state index in [9.17, 15) is 19.3 Å². The van der Waals surface area contributed by atoms with Crippen LogP contribution in [0.5, 0.6) is 0 Å². The molecule has 7 heteroatoms. The fourth-order valence-electron chi connectivity index (χ4n) is 1.55. The second-order valence-electron chi connectivity index (χ2n) is 3.86. The minimum absolute atomic E-state index is 0.0276. The maximum Gasteiger partial charge on any atom is 0.270 e. The Morgan fingerprint density at radius 2 is 1.95 bits per heavy atom. The second kappa shape index (κ2) is 5.95. The number of hydrogen-bond acceptors (Lipinski definition) is 3. The van der Waals surface area contributed by atoms with Gasteiger partial charge in [-0.3, -0.25) is 14.9 Å². The van der Waals surface area contributed by atoms with Crippen LogP contribution in [0, 0.1) is 19.5 Å². The molecule has 20 heavy (non-hydrogen) atoms. The summed E-state index contributed by atoms with van der Waals surface area (Å²) < 4.78 is 14.0. The third-order valence-corrected chi connectivity index (χ3v) is 3.47. The molecule has 2 rings (SSSR count). The minimum atomic E-state index is -0.594. The van der Waals surface area contributed by atoms with E-state index in [1.807, 2.05) is 22.6 Å². The van der Waals surface area contributed by atoms with Crippen molar-refractivity contribution in [2.45, 2.75) is 0 Å². The number of halogens is 2. The molecular formula is C13H8FIN2O3. The van der Waals surface area contributed by atoms with Gasteiger partial charge in [0, 0.05) is 15.7 Å². The summed E-state index contributed by atoms with van der Waals surface area (Å²) in [4.78, 5) is 22.2. The number of benzene rings is 2. The number of nitrogens with zero attached hydrogens (tertiary/aromatic N) is 1. The predicted molar refractivity (Wildman–Crippen MR) is 80.2 cm³/mol. The van der Waals surface area contributed by atoms with Crippen molar-refractivity contribution >= 4 is 39.9 Å². The van der Waals surface area contributed by atoms with Gasteiger partial charge in [0.05, 0.1) is 16.2 Å². The highest BCUT2D eigenvalue weighted by atomic mass is 127. The van der Waals surface area contributed by atoms with Crippen LogP contribution in [0.2, 0.25) is 0 Å². The predicted octanol–water partition coefficient (Wildman–Crippen LogP) is 3.59. The van der Waals surface area contributed by atoms with Gasteiger partial charge in [-0.25, -0.2) is 4.39 Å². The van der Waals surface area contributed by atoms with Gasteiger partial charge < -0.3 is 5.32 Å². The van der Waals surface area contributed by atoms with Crippen molar-refractivity contribution < 1.29 is 14.1 Å². The number of rotatable bonds is 3. The van der Waals surface area contributed by atoms with Gasteiger partial charge in [-0.05, 0) is 40.8 Å². The monoisotopic (exact) mass is 386 g/mol. The number of carbonyl (C=O) groups excluding carboxylic acids is 1. The number of carbonyl (C=O) groups is 1. The van der Waals surface area contributed by atoms with Crippen LogP contribution in [0.25, 0.3) is 0 Å². The average molecular weight is 386 g/mol. The molecule has 0 aromatic heterocycles. The molecule has 0 fully saturated rings. The van der Waals surface area contributed by atoms with E-state index in [4.69, 9.17) is 0 Å². The van der Waals surface area contributed by atoms with Gasteiger partial charge in [-0.1, -0.05) is 12.1 Å². The average Bonchev–Trinajstić information content (AvgIpc) is 2.41. The molecule has 0 aliphatic rings. The van der Waals surface area contributed by atoms with E-state index in [2.05, 4.69) is 5.32 Å². The lowest BCUT2D eigenvalue weighted by molar-refractivity contribution is -0.384. The van der Waals surface area contributed by atoms with Gasteiger partial charge in [0.25, 0.3) is 11.6 Å². The van der Waals surface area contributed by atoms with E-state index >= 15 is 0 Å². The summed E-state index contributed by atoms with van der Waals surface area (Å²) in [6, 6.07) is 9.65. The summed E-state index contributed by atoms with van der Waals surface area (Å²) >= 11 is 1.89. The molecule has 0 heterocycles. The highest BCUT2D eigenvalue weighted by Gasteiger charge is 2.16. The molecule has 1 amide bonds. The molecule has 0 aliphatic heterocycles. The van der Waals surface area contributed by atoms with Crippen molar-refractivity contribution in [3.63, 3.8) is 0 Å². The Labute approximate surface area is 127 Å². The maximum atomic E-state index is 13.4. The first-order valence-electron chi connectivity index (χ1n) is 5.49. The van der Waals surface area contributed by atoms with E-state index < -0.39 is 16.6 Å². The first kappa shape index (κ1) is 14.4. The van der Waals surface area contributed by atoms with Crippen molar-refractivity contribution in [2.75, 3.05) is 5.32 Å². The number of nitro benzene ring substituents is 1. The molecule has 0 spiro atoms. The van der Waals surface area contributed by atoms with Crippen LogP contribution in [0.1, 0.15) is 10.4 Å². The van der Waals surface area contributed by atoms with Crippen LogP contribution in [-0.4, -0.2) is 10.8 Å². The standard InChI is InChI=1S/C13H8FIN2O3/c14-10-3-1-2-4-12(10)16-13(18)9-7-8(17(19)20)5-6-11(9)15/h1-7H,(H,16,18). The summed E-state index contributed by atoms with van der Waals surface area (Å²) in [5.41, 5.74) is -0.0352. The molecule has 0 aliphatic carbocycles. The zero-order chi connectivity index (χ0) is 14.7. The summed E-state index contributed by atoms with van der Waals surface area (Å²) in [6.45, 7) is 0. The van der Waals surface area contributed by atoms with Gasteiger partial charge in [-0.2, -0.15) is 0 Å². The molecule has 0 atom stereocenters. The van der Waals surface area contributed by atoms with Crippen molar-refractivity contribution in [3.05, 3.63) is 67.5 Å². The first-order valence-corrected chi connectivity index (χ1v) is 6.56. The van der Waals surface area contributed by atoms with Crippen LogP contribution < -0.4 is 5.32 Å². The van der Waals surface area contributed by atoms with Gasteiger partial charge in [-0.15, -0.1) is 0 Å². The highest BCUT2D eigenvalue weighted by molar-refractivity contribution is 14.1. The molecule has 0 unspecified atom stereocenters. The molecular weight excluding hydrogens is 378 g/mol. The van der Waals surface area contributed by atoms with Crippen LogP contribution >= 0.6 is 22.6 Å². The van der Waals surface area contributed by atoms with Crippen molar-refractivity contribution in [1.82, 2.24) is 0 Å². The van der Waals surface area contributed by atoms with Crippen LogP contribution in [0.15, 0.2) is 42.5 Å². The molecule has 0 bridgehead atoms. The molecule has 0 saturated carbocycles. The number of para-hydroxylation sites is 1. The molecule has 2 aromatic rings. The van der Waals surface area contributed by atoms with Crippen LogP contribution in [0.3, 0.4) is 0 Å². The number of non-ortho nitro benzene ring substituents is 1. The molecule has 1 N–H and O–H groups in total. The van der Waals surface area contributed by atoms with E-state index in [0.717, 1.165) is 6.07 Å². The number of anilines is 1. The topological polar surface area (TPSA) is 72.2 Å². The van der Waals surface area contributed by atoms with E-state index in [-0.39, 0.29) is 16.9 Å². The van der Waals surface area contributed by atoms with Crippen molar-refractivity contribution in [2.24, 2.45) is 0 Å². The molecule has 0 saturated heterocycles. The molecule has 0 radical (unpaired) electrons. The first-order chi connectivity index (χ1) is 9.49. The lowest BCUT2D eigenvalue weighted by Gasteiger charge is -2.07. The minimum Gasteiger partial charge on any atom is -0.319 e.